The second-order valence-electron chi connectivity index (χ2n) is 8.94. The summed E-state index contributed by atoms with van der Waals surface area (Å²) in [7, 11) is -4.23. The lowest BCUT2D eigenvalue weighted by Crippen LogP contribution is -2.32. The highest BCUT2D eigenvalue weighted by atomic mass is 32.2. The van der Waals surface area contributed by atoms with Crippen molar-refractivity contribution in [1.29, 1.82) is 0 Å². The maximum Gasteiger partial charge on any atom is 0.339 e. The van der Waals surface area contributed by atoms with Gasteiger partial charge < -0.3 is 14.2 Å². The Balaban J connectivity index is 1.28. The molecule has 11 heteroatoms. The van der Waals surface area contributed by atoms with Gasteiger partial charge in [0.1, 0.15) is 23.0 Å². The Morgan fingerprint density at radius 3 is 2.37 bits per heavy atom. The smallest absolute Gasteiger partial charge is 0.339 e. The predicted molar refractivity (Wildman–Crippen MR) is 157 cm³/mol. The molecular weight excluding hydrogens is 564 g/mol. The Labute approximate surface area is 240 Å². The first kappa shape index (κ1) is 27.9. The lowest BCUT2D eigenvalue weighted by molar-refractivity contribution is -0.123. The van der Waals surface area contributed by atoms with E-state index in [1.54, 1.807) is 18.2 Å². The zero-order valence-corrected chi connectivity index (χ0v) is 23.4. The highest BCUT2D eigenvalue weighted by Crippen LogP contribution is 2.35. The van der Waals surface area contributed by atoms with Gasteiger partial charge in [0.25, 0.3) is 11.1 Å². The van der Waals surface area contributed by atoms with Crippen molar-refractivity contribution in [2.45, 2.75) is 11.8 Å². The molecular formula is C30H24N2O7S2. The highest BCUT2D eigenvalue weighted by molar-refractivity contribution is 8.18. The number of thioether (sulfide) groups is 1. The molecule has 5 rings (SSSR count). The van der Waals surface area contributed by atoms with E-state index in [0.717, 1.165) is 27.4 Å². The first-order valence-electron chi connectivity index (χ1n) is 12.5. The van der Waals surface area contributed by atoms with E-state index in [-0.39, 0.29) is 34.6 Å². The first-order valence-corrected chi connectivity index (χ1v) is 14.7. The summed E-state index contributed by atoms with van der Waals surface area (Å²) in [6, 6.07) is 25.3. The molecule has 0 saturated carbocycles. The third-order valence-electron chi connectivity index (χ3n) is 6.06. The van der Waals surface area contributed by atoms with E-state index < -0.39 is 21.3 Å². The van der Waals surface area contributed by atoms with E-state index in [4.69, 9.17) is 8.92 Å². The maximum absolute atomic E-state index is 13.1. The summed E-state index contributed by atoms with van der Waals surface area (Å²) in [6.45, 7) is 1.50. The Morgan fingerprint density at radius 1 is 0.902 bits per heavy atom. The van der Waals surface area contributed by atoms with Crippen molar-refractivity contribution in [3.05, 3.63) is 101 Å². The molecule has 208 valence electrons. The molecule has 9 nitrogen and oxygen atoms in total. The molecule has 1 saturated heterocycles. The summed E-state index contributed by atoms with van der Waals surface area (Å²) in [5.41, 5.74) is 0.749. The van der Waals surface area contributed by atoms with Gasteiger partial charge in [-0.2, -0.15) is 8.42 Å². The Morgan fingerprint density at radius 2 is 1.59 bits per heavy atom. The third kappa shape index (κ3) is 6.42. The molecule has 3 amide bonds. The Hall–Kier alpha value is -4.61. The van der Waals surface area contributed by atoms with Gasteiger partial charge in [0.2, 0.25) is 5.91 Å². The molecule has 4 aromatic carbocycles. The predicted octanol–water partition coefficient (Wildman–Crippen LogP) is 5.68. The van der Waals surface area contributed by atoms with Crippen LogP contribution in [0.15, 0.2) is 101 Å². The minimum atomic E-state index is -4.23. The van der Waals surface area contributed by atoms with E-state index in [2.05, 4.69) is 5.32 Å². The van der Waals surface area contributed by atoms with Crippen molar-refractivity contribution < 1.29 is 31.7 Å². The monoisotopic (exact) mass is 588 g/mol. The van der Waals surface area contributed by atoms with E-state index >= 15 is 0 Å². The molecule has 1 aliphatic rings. The standard InChI is InChI=1S/C30H24N2O7S2/c1-20(33)31-23-13-15-24(16-14-23)41(36,37)39-26-11-5-3-8-22(26)19-28-29(34)32(30(35)40-28)17-18-38-27-12-6-9-21-7-2-4-10-25(21)27/h2-16,19H,17-18H2,1H3,(H,31,33)/b28-19-. The van der Waals surface area contributed by atoms with Gasteiger partial charge in [0.15, 0.2) is 0 Å². The second-order valence-corrected chi connectivity index (χ2v) is 11.5. The molecule has 0 aliphatic carbocycles. The van der Waals surface area contributed by atoms with Crippen LogP contribution in [0.4, 0.5) is 10.5 Å². The number of amides is 3. The first-order chi connectivity index (χ1) is 19.7. The fraction of sp³-hybridized carbons (Fsp3) is 0.100. The van der Waals surface area contributed by atoms with Crippen LogP contribution in [0.3, 0.4) is 0 Å². The van der Waals surface area contributed by atoms with Gasteiger partial charge in [0.05, 0.1) is 11.4 Å². The summed E-state index contributed by atoms with van der Waals surface area (Å²) in [6.07, 6.45) is 1.43. The van der Waals surface area contributed by atoms with Gasteiger partial charge in [-0.1, -0.05) is 54.6 Å². The largest absolute Gasteiger partial charge is 0.491 e. The van der Waals surface area contributed by atoms with Crippen LogP contribution in [0.5, 0.6) is 11.5 Å². The zero-order chi connectivity index (χ0) is 29.0. The van der Waals surface area contributed by atoms with Crippen LogP contribution in [-0.4, -0.2) is 43.5 Å². The van der Waals surface area contributed by atoms with Gasteiger partial charge in [-0.15, -0.1) is 0 Å². The fourth-order valence-electron chi connectivity index (χ4n) is 4.15. The minimum Gasteiger partial charge on any atom is -0.491 e. The van der Waals surface area contributed by atoms with Crippen LogP contribution in [-0.2, 0) is 19.7 Å². The van der Waals surface area contributed by atoms with Crippen LogP contribution in [0.2, 0.25) is 0 Å². The Kier molecular flexibility index (Phi) is 8.09. The van der Waals surface area contributed by atoms with Crippen molar-refractivity contribution in [2.75, 3.05) is 18.5 Å². The van der Waals surface area contributed by atoms with E-state index in [9.17, 15) is 22.8 Å². The molecule has 0 spiro atoms. The third-order valence-corrected chi connectivity index (χ3v) is 8.22. The van der Waals surface area contributed by atoms with E-state index in [0.29, 0.717) is 17.0 Å². The molecule has 1 aliphatic heterocycles. The van der Waals surface area contributed by atoms with Crippen molar-refractivity contribution in [3.8, 4) is 11.5 Å². The molecule has 0 aromatic heterocycles. The lowest BCUT2D eigenvalue weighted by Gasteiger charge is -2.14. The van der Waals surface area contributed by atoms with Crippen molar-refractivity contribution in [2.24, 2.45) is 0 Å². The van der Waals surface area contributed by atoms with Crippen LogP contribution in [0.25, 0.3) is 16.8 Å². The van der Waals surface area contributed by atoms with Crippen LogP contribution in [0, 0.1) is 0 Å². The summed E-state index contributed by atoms with van der Waals surface area (Å²) in [4.78, 5) is 38.1. The van der Waals surface area contributed by atoms with Crippen molar-refractivity contribution in [1.82, 2.24) is 4.90 Å². The van der Waals surface area contributed by atoms with Gasteiger partial charge in [-0.05, 0) is 59.6 Å². The van der Waals surface area contributed by atoms with Gasteiger partial charge in [-0.3, -0.25) is 19.3 Å². The number of rotatable bonds is 9. The number of carbonyl (C=O) groups excluding carboxylic acids is 3. The second kappa shape index (κ2) is 11.9. The molecule has 1 fully saturated rings. The summed E-state index contributed by atoms with van der Waals surface area (Å²) < 4.78 is 37.1. The van der Waals surface area contributed by atoms with E-state index in [1.165, 1.54) is 43.3 Å². The fourth-order valence-corrected chi connectivity index (χ4v) is 5.96. The number of para-hydroxylation sites is 1. The van der Waals surface area contributed by atoms with Gasteiger partial charge in [0, 0.05) is 23.6 Å². The zero-order valence-electron chi connectivity index (χ0n) is 21.8. The SMILES string of the molecule is CC(=O)Nc1ccc(S(=O)(=O)Oc2ccccc2/C=C2\SC(=O)N(CCOc3cccc4ccccc34)C2=O)cc1. The van der Waals surface area contributed by atoms with Gasteiger partial charge >= 0.3 is 10.1 Å². The number of hydrogen-bond donors (Lipinski definition) is 1. The van der Waals surface area contributed by atoms with Crippen molar-refractivity contribution >= 4 is 61.5 Å². The molecule has 1 N–H and O–H groups in total. The summed E-state index contributed by atoms with van der Waals surface area (Å²) in [5, 5.41) is 4.06. The number of benzene rings is 4. The normalized spacial score (nSPS) is 14.5. The number of fused-ring (bicyclic) bond motifs is 1. The van der Waals surface area contributed by atoms with Gasteiger partial charge in [-0.25, -0.2) is 0 Å². The summed E-state index contributed by atoms with van der Waals surface area (Å²) in [5.74, 6) is -0.146. The quantitative estimate of drug-likeness (QED) is 0.196. The summed E-state index contributed by atoms with van der Waals surface area (Å²) >= 11 is 0.758. The maximum atomic E-state index is 13.1. The Bertz CT molecular complexity index is 1780. The molecule has 0 radical (unpaired) electrons. The average Bonchev–Trinajstić information content (AvgIpc) is 3.21. The molecule has 0 unspecified atom stereocenters. The van der Waals surface area contributed by atoms with Crippen LogP contribution in [0.1, 0.15) is 12.5 Å². The molecule has 4 aromatic rings. The number of carbonyl (C=O) groups is 3. The lowest BCUT2D eigenvalue weighted by atomic mass is 10.1. The average molecular weight is 589 g/mol. The number of ether oxygens (including phenoxy) is 1. The molecule has 0 bridgehead atoms. The topological polar surface area (TPSA) is 119 Å². The van der Waals surface area contributed by atoms with E-state index in [1.807, 2.05) is 42.5 Å². The molecule has 0 atom stereocenters. The highest BCUT2D eigenvalue weighted by Gasteiger charge is 2.35. The van der Waals surface area contributed by atoms with Crippen molar-refractivity contribution in [3.63, 3.8) is 0 Å². The number of imide groups is 1. The molecule has 41 heavy (non-hydrogen) atoms. The van der Waals surface area contributed by atoms with Crippen LogP contribution >= 0.6 is 11.8 Å². The number of hydrogen-bond acceptors (Lipinski definition) is 8. The van der Waals surface area contributed by atoms with Crippen LogP contribution < -0.4 is 14.2 Å². The minimum absolute atomic E-state index is 0.00970. The number of nitrogens with zero attached hydrogens (tertiary/aromatic N) is 1. The number of anilines is 1. The molecule has 1 heterocycles. The number of nitrogens with one attached hydrogen (secondary N) is 1.